The lowest BCUT2D eigenvalue weighted by Gasteiger charge is -2.34. The van der Waals surface area contributed by atoms with Crippen molar-refractivity contribution in [2.24, 2.45) is 11.3 Å². The molecule has 2 aliphatic carbocycles. The number of hydrogen-bond acceptors (Lipinski definition) is 1. The van der Waals surface area contributed by atoms with Gasteiger partial charge in [0, 0.05) is 11.8 Å². The van der Waals surface area contributed by atoms with Crippen molar-refractivity contribution in [3.05, 3.63) is 11.6 Å². The molecule has 0 amide bonds. The van der Waals surface area contributed by atoms with Crippen LogP contribution >= 0.6 is 0 Å². The van der Waals surface area contributed by atoms with E-state index in [2.05, 4.69) is 19.9 Å². The number of allylic oxidation sites excluding steroid dienone is 2. The molecule has 1 heteroatoms. The summed E-state index contributed by atoms with van der Waals surface area (Å²) < 4.78 is 0. The van der Waals surface area contributed by atoms with E-state index in [-0.39, 0.29) is 5.41 Å². The third-order valence-electron chi connectivity index (χ3n) is 4.08. The number of ketones is 1. The summed E-state index contributed by atoms with van der Waals surface area (Å²) in [6.07, 6.45) is 7.48. The second-order valence-electron chi connectivity index (χ2n) is 4.77. The molecular formula is C12H18O. The Labute approximate surface area is 80.2 Å². The Morgan fingerprint density at radius 3 is 2.69 bits per heavy atom. The van der Waals surface area contributed by atoms with E-state index in [9.17, 15) is 4.79 Å². The Balaban J connectivity index is 2.25. The van der Waals surface area contributed by atoms with Gasteiger partial charge in [0.1, 0.15) is 5.78 Å². The van der Waals surface area contributed by atoms with Gasteiger partial charge in [-0.15, -0.1) is 0 Å². The molecular weight excluding hydrogens is 160 g/mol. The van der Waals surface area contributed by atoms with Crippen LogP contribution < -0.4 is 0 Å². The number of hydrogen-bond donors (Lipinski definition) is 0. The smallest absolute Gasteiger partial charge is 0.139 e. The summed E-state index contributed by atoms with van der Waals surface area (Å²) in [5.74, 6) is 1.15. The van der Waals surface area contributed by atoms with Crippen LogP contribution in [-0.2, 0) is 4.79 Å². The Morgan fingerprint density at radius 2 is 2.23 bits per heavy atom. The summed E-state index contributed by atoms with van der Waals surface area (Å²) in [5, 5.41) is 0. The average molecular weight is 178 g/mol. The maximum atomic E-state index is 11.8. The maximum absolute atomic E-state index is 11.8. The van der Waals surface area contributed by atoms with Crippen LogP contribution in [0, 0.1) is 11.3 Å². The van der Waals surface area contributed by atoms with Crippen molar-refractivity contribution in [2.75, 3.05) is 0 Å². The van der Waals surface area contributed by atoms with Gasteiger partial charge in [0.2, 0.25) is 0 Å². The summed E-state index contributed by atoms with van der Waals surface area (Å²) in [6.45, 7) is 4.43. The van der Waals surface area contributed by atoms with Crippen LogP contribution in [0.2, 0.25) is 0 Å². The zero-order chi connectivity index (χ0) is 9.47. The molecule has 0 N–H and O–H groups in total. The van der Waals surface area contributed by atoms with Crippen molar-refractivity contribution >= 4 is 5.78 Å². The van der Waals surface area contributed by atoms with Crippen molar-refractivity contribution in [3.8, 4) is 0 Å². The highest BCUT2D eigenvalue weighted by molar-refractivity contribution is 5.87. The fraction of sp³-hybridized carbons (Fsp3) is 0.750. The summed E-state index contributed by atoms with van der Waals surface area (Å²) in [6, 6.07) is 0. The van der Waals surface area contributed by atoms with Gasteiger partial charge in [-0.25, -0.2) is 0 Å². The third-order valence-corrected chi connectivity index (χ3v) is 4.08. The van der Waals surface area contributed by atoms with Gasteiger partial charge in [-0.05, 0) is 38.5 Å². The number of carbonyl (C=O) groups is 1. The molecule has 0 radical (unpaired) electrons. The number of Topliss-reactive ketones (excluding diaryl/α,β-unsaturated/α-hetero) is 1. The summed E-state index contributed by atoms with van der Waals surface area (Å²) >= 11 is 0. The van der Waals surface area contributed by atoms with Crippen molar-refractivity contribution in [1.29, 1.82) is 0 Å². The molecule has 72 valence electrons. The van der Waals surface area contributed by atoms with E-state index in [0.29, 0.717) is 11.7 Å². The number of carbonyl (C=O) groups excluding carboxylic acids is 1. The number of rotatable bonds is 0. The van der Waals surface area contributed by atoms with Gasteiger partial charge < -0.3 is 0 Å². The molecule has 0 heterocycles. The second-order valence-corrected chi connectivity index (χ2v) is 4.77. The first-order chi connectivity index (χ1) is 6.15. The minimum Gasteiger partial charge on any atom is -0.299 e. The van der Waals surface area contributed by atoms with E-state index < -0.39 is 0 Å². The van der Waals surface area contributed by atoms with Crippen molar-refractivity contribution in [1.82, 2.24) is 0 Å². The average Bonchev–Trinajstić information content (AvgIpc) is 2.39. The first kappa shape index (κ1) is 8.98. The van der Waals surface area contributed by atoms with Crippen molar-refractivity contribution in [2.45, 2.75) is 46.0 Å². The van der Waals surface area contributed by atoms with Crippen molar-refractivity contribution < 1.29 is 4.79 Å². The van der Waals surface area contributed by atoms with E-state index in [0.717, 1.165) is 32.1 Å². The molecule has 1 saturated carbocycles. The molecule has 1 spiro atoms. The summed E-state index contributed by atoms with van der Waals surface area (Å²) in [5.41, 5.74) is 1.53. The second kappa shape index (κ2) is 2.97. The predicted molar refractivity (Wildman–Crippen MR) is 53.4 cm³/mol. The molecule has 2 rings (SSSR count). The quantitative estimate of drug-likeness (QED) is 0.521. The summed E-state index contributed by atoms with van der Waals surface area (Å²) in [4.78, 5) is 11.8. The topological polar surface area (TPSA) is 17.1 Å². The first-order valence-electron chi connectivity index (χ1n) is 5.34. The Bertz CT molecular complexity index is 264. The molecule has 1 fully saturated rings. The lowest BCUT2D eigenvalue weighted by Crippen LogP contribution is -2.32. The van der Waals surface area contributed by atoms with Crippen LogP contribution in [0.5, 0.6) is 0 Å². The minimum absolute atomic E-state index is 0.0551. The van der Waals surface area contributed by atoms with Gasteiger partial charge >= 0.3 is 0 Å². The predicted octanol–water partition coefficient (Wildman–Crippen LogP) is 3.10. The first-order valence-corrected chi connectivity index (χ1v) is 5.34. The zero-order valence-electron chi connectivity index (χ0n) is 8.60. The van der Waals surface area contributed by atoms with E-state index in [1.54, 1.807) is 0 Å². The Hall–Kier alpha value is -0.590. The summed E-state index contributed by atoms with van der Waals surface area (Å²) in [7, 11) is 0. The molecule has 0 unspecified atom stereocenters. The normalized spacial score (nSPS) is 39.7. The molecule has 2 atom stereocenters. The minimum atomic E-state index is 0.0551. The monoisotopic (exact) mass is 178 g/mol. The molecule has 0 aromatic heterocycles. The van der Waals surface area contributed by atoms with Crippen LogP contribution in [0.15, 0.2) is 11.6 Å². The Kier molecular flexibility index (Phi) is 2.05. The van der Waals surface area contributed by atoms with Gasteiger partial charge in [-0.1, -0.05) is 18.6 Å². The van der Waals surface area contributed by atoms with Crippen molar-refractivity contribution in [3.63, 3.8) is 0 Å². The zero-order valence-corrected chi connectivity index (χ0v) is 8.60. The van der Waals surface area contributed by atoms with Gasteiger partial charge in [0.15, 0.2) is 0 Å². The fourth-order valence-corrected chi connectivity index (χ4v) is 2.83. The van der Waals surface area contributed by atoms with E-state index >= 15 is 0 Å². The third kappa shape index (κ3) is 1.25. The van der Waals surface area contributed by atoms with Gasteiger partial charge in [-0.2, -0.15) is 0 Å². The molecule has 2 aliphatic rings. The Morgan fingerprint density at radius 1 is 1.46 bits per heavy atom. The lowest BCUT2D eigenvalue weighted by atomic mass is 9.68. The SMILES string of the molecule is CC1=CC[C@]2(CC1)C(=O)CC[C@H]2C. The molecule has 0 aromatic rings. The van der Waals surface area contributed by atoms with Crippen LogP contribution in [0.1, 0.15) is 46.0 Å². The highest BCUT2D eigenvalue weighted by atomic mass is 16.1. The fourth-order valence-electron chi connectivity index (χ4n) is 2.83. The van der Waals surface area contributed by atoms with Crippen LogP contribution in [-0.4, -0.2) is 5.78 Å². The standard InChI is InChI=1S/C12H18O/c1-9-5-7-12(8-6-9)10(2)3-4-11(12)13/h5,10H,3-4,6-8H2,1-2H3/t10-,12-/m1/s1. The largest absolute Gasteiger partial charge is 0.299 e. The molecule has 0 bridgehead atoms. The van der Waals surface area contributed by atoms with Gasteiger partial charge in [0.25, 0.3) is 0 Å². The lowest BCUT2D eigenvalue weighted by molar-refractivity contribution is -0.127. The molecule has 0 aromatic carbocycles. The molecule has 13 heavy (non-hydrogen) atoms. The molecule has 0 aliphatic heterocycles. The molecule has 0 saturated heterocycles. The van der Waals surface area contributed by atoms with E-state index in [4.69, 9.17) is 0 Å². The van der Waals surface area contributed by atoms with Gasteiger partial charge in [-0.3, -0.25) is 4.79 Å². The maximum Gasteiger partial charge on any atom is 0.139 e. The van der Waals surface area contributed by atoms with Gasteiger partial charge in [0.05, 0.1) is 0 Å². The van der Waals surface area contributed by atoms with Crippen LogP contribution in [0.25, 0.3) is 0 Å². The van der Waals surface area contributed by atoms with E-state index in [1.165, 1.54) is 5.57 Å². The molecule has 1 nitrogen and oxygen atoms in total. The van der Waals surface area contributed by atoms with Crippen LogP contribution in [0.4, 0.5) is 0 Å². The van der Waals surface area contributed by atoms with Crippen LogP contribution in [0.3, 0.4) is 0 Å². The van der Waals surface area contributed by atoms with E-state index in [1.807, 2.05) is 0 Å². The highest BCUT2D eigenvalue weighted by Gasteiger charge is 2.46. The highest BCUT2D eigenvalue weighted by Crippen LogP contribution is 2.49.